The third kappa shape index (κ3) is 3.38. The number of hydrogen-bond donors (Lipinski definition) is 0. The maximum atomic E-state index is 12.4. The van der Waals surface area contributed by atoms with Gasteiger partial charge in [-0.25, -0.2) is 0 Å². The van der Waals surface area contributed by atoms with Gasteiger partial charge in [-0.15, -0.1) is 0 Å². The van der Waals surface area contributed by atoms with Gasteiger partial charge < -0.3 is 18.4 Å². The minimum absolute atomic E-state index is 0.00359. The van der Waals surface area contributed by atoms with Crippen LogP contribution in [0.1, 0.15) is 0 Å². The lowest BCUT2D eigenvalue weighted by Gasteiger charge is -2.12. The number of benzene rings is 1. The molecule has 0 spiro atoms. The van der Waals surface area contributed by atoms with Gasteiger partial charge in [-0.2, -0.15) is 8.42 Å². The first-order valence-electron chi connectivity index (χ1n) is 4.35. The Morgan fingerprint density at radius 2 is 1.24 bits per heavy atom. The molecule has 0 aliphatic heterocycles. The van der Waals surface area contributed by atoms with Gasteiger partial charge in [0.25, 0.3) is 0 Å². The molecule has 0 bridgehead atoms. The zero-order chi connectivity index (χ0) is 13.1. The molecule has 0 aromatic heterocycles. The van der Waals surface area contributed by atoms with E-state index < -0.39 is 10.5 Å². The number of rotatable bonds is 5. The summed E-state index contributed by atoms with van der Waals surface area (Å²) in [6.45, 7) is 0. The van der Waals surface area contributed by atoms with Crippen LogP contribution >= 0.6 is 0 Å². The average molecular weight is 266 g/mol. The minimum atomic E-state index is -5.13. The molecule has 0 heterocycles. The Balaban J connectivity index is 3.28. The van der Waals surface area contributed by atoms with E-state index in [1.165, 1.54) is 27.4 Å². The molecule has 8 heteroatoms. The fraction of sp³-hybridized carbons (Fsp3) is 0.333. The summed E-state index contributed by atoms with van der Waals surface area (Å²) in [4.78, 5) is 0. The number of hydrogen-bond acceptors (Lipinski definition) is 6. The van der Waals surface area contributed by atoms with Crippen molar-refractivity contribution >= 4 is 10.5 Å². The highest BCUT2D eigenvalue weighted by molar-refractivity contribution is 7.81. The van der Waals surface area contributed by atoms with Crippen LogP contribution in [-0.2, 0) is 10.5 Å². The van der Waals surface area contributed by atoms with E-state index in [9.17, 15) is 12.3 Å². The number of methoxy groups -OCH3 is 3. The lowest BCUT2D eigenvalue weighted by atomic mass is 10.3. The molecule has 0 saturated heterocycles. The summed E-state index contributed by atoms with van der Waals surface area (Å²) in [6.07, 6.45) is 0. The highest BCUT2D eigenvalue weighted by Gasteiger charge is 2.18. The molecule has 0 saturated carbocycles. The second-order valence-electron chi connectivity index (χ2n) is 2.83. The van der Waals surface area contributed by atoms with Crippen molar-refractivity contribution in [2.75, 3.05) is 21.3 Å². The molecule has 0 radical (unpaired) electrons. The molecule has 0 atom stereocenters. The second kappa shape index (κ2) is 5.09. The standard InChI is InChI=1S/C9H11FO6S/c1-13-6-4-8(15-3)9(5-7(6)14-2)16-17(10,11)12/h4-5H,1-3H3. The summed E-state index contributed by atoms with van der Waals surface area (Å²) in [5.41, 5.74) is 0. The van der Waals surface area contributed by atoms with Crippen molar-refractivity contribution in [3.8, 4) is 23.0 Å². The normalized spacial score (nSPS) is 10.8. The molecule has 1 aromatic rings. The highest BCUT2D eigenvalue weighted by Crippen LogP contribution is 2.39. The maximum absolute atomic E-state index is 12.4. The molecule has 0 aliphatic rings. The fourth-order valence-corrected chi connectivity index (χ4v) is 1.52. The van der Waals surface area contributed by atoms with E-state index in [1.807, 2.05) is 0 Å². The third-order valence-corrected chi connectivity index (χ3v) is 2.24. The first-order chi connectivity index (χ1) is 7.91. The van der Waals surface area contributed by atoms with E-state index in [0.717, 1.165) is 6.07 Å². The summed E-state index contributed by atoms with van der Waals surface area (Å²) in [7, 11) is -1.12. The van der Waals surface area contributed by atoms with Crippen LogP contribution in [0.5, 0.6) is 23.0 Å². The Morgan fingerprint density at radius 3 is 1.59 bits per heavy atom. The molecule has 0 fully saturated rings. The van der Waals surface area contributed by atoms with Crippen molar-refractivity contribution in [1.82, 2.24) is 0 Å². The van der Waals surface area contributed by atoms with Crippen molar-refractivity contribution in [1.29, 1.82) is 0 Å². The second-order valence-corrected chi connectivity index (χ2v) is 3.79. The summed E-state index contributed by atoms with van der Waals surface area (Å²) >= 11 is 0. The molecule has 0 amide bonds. The van der Waals surface area contributed by atoms with E-state index in [1.54, 1.807) is 0 Å². The molecular formula is C9H11FO6S. The van der Waals surface area contributed by atoms with Crippen LogP contribution in [-0.4, -0.2) is 29.7 Å². The number of halogens is 1. The predicted octanol–water partition coefficient (Wildman–Crippen LogP) is 1.31. The monoisotopic (exact) mass is 266 g/mol. The topological polar surface area (TPSA) is 71.1 Å². The fourth-order valence-electron chi connectivity index (χ4n) is 1.17. The van der Waals surface area contributed by atoms with E-state index in [-0.39, 0.29) is 17.2 Å². The van der Waals surface area contributed by atoms with Gasteiger partial charge >= 0.3 is 10.5 Å². The minimum Gasteiger partial charge on any atom is -0.493 e. The van der Waals surface area contributed by atoms with Gasteiger partial charge in [0, 0.05) is 12.1 Å². The molecule has 1 rings (SSSR count). The zero-order valence-electron chi connectivity index (χ0n) is 9.39. The van der Waals surface area contributed by atoms with Gasteiger partial charge in [-0.1, -0.05) is 3.89 Å². The smallest absolute Gasteiger partial charge is 0.488 e. The van der Waals surface area contributed by atoms with Crippen LogP contribution in [0.4, 0.5) is 3.89 Å². The average Bonchev–Trinajstić information content (AvgIpc) is 2.26. The first kappa shape index (κ1) is 13.4. The van der Waals surface area contributed by atoms with Crippen LogP contribution in [0.15, 0.2) is 12.1 Å². The lowest BCUT2D eigenvalue weighted by molar-refractivity contribution is 0.341. The Morgan fingerprint density at radius 1 is 0.882 bits per heavy atom. The molecule has 6 nitrogen and oxygen atoms in total. The summed E-state index contributed by atoms with van der Waals surface area (Å²) in [5, 5.41) is 0. The van der Waals surface area contributed by atoms with E-state index in [2.05, 4.69) is 4.18 Å². The van der Waals surface area contributed by atoms with E-state index >= 15 is 0 Å². The molecule has 0 aliphatic carbocycles. The predicted molar refractivity (Wildman–Crippen MR) is 56.8 cm³/mol. The molecule has 96 valence electrons. The summed E-state index contributed by atoms with van der Waals surface area (Å²) in [5.74, 6) is 0.163. The summed E-state index contributed by atoms with van der Waals surface area (Å²) in [6, 6.07) is 2.47. The van der Waals surface area contributed by atoms with Crippen molar-refractivity contribution in [2.45, 2.75) is 0 Å². The SMILES string of the molecule is COc1cc(OC)c(OS(=O)(=O)F)cc1OC. The first-order valence-corrected chi connectivity index (χ1v) is 5.66. The molecule has 1 aromatic carbocycles. The van der Waals surface area contributed by atoms with Gasteiger partial charge in [0.1, 0.15) is 0 Å². The molecule has 17 heavy (non-hydrogen) atoms. The van der Waals surface area contributed by atoms with Crippen molar-refractivity contribution < 1.29 is 30.7 Å². The van der Waals surface area contributed by atoms with Crippen LogP contribution in [0, 0.1) is 0 Å². The third-order valence-electron chi connectivity index (χ3n) is 1.86. The molecular weight excluding hydrogens is 255 g/mol. The van der Waals surface area contributed by atoms with Gasteiger partial charge in [0.15, 0.2) is 23.0 Å². The van der Waals surface area contributed by atoms with Gasteiger partial charge in [-0.3, -0.25) is 0 Å². The van der Waals surface area contributed by atoms with E-state index in [0.29, 0.717) is 5.75 Å². The van der Waals surface area contributed by atoms with Crippen LogP contribution in [0.2, 0.25) is 0 Å². The van der Waals surface area contributed by atoms with Crippen LogP contribution in [0.25, 0.3) is 0 Å². The van der Waals surface area contributed by atoms with Crippen molar-refractivity contribution in [3.05, 3.63) is 12.1 Å². The Hall–Kier alpha value is -1.70. The maximum Gasteiger partial charge on any atom is 0.488 e. The zero-order valence-corrected chi connectivity index (χ0v) is 10.2. The van der Waals surface area contributed by atoms with Crippen molar-refractivity contribution in [2.24, 2.45) is 0 Å². The molecule has 0 unspecified atom stereocenters. The van der Waals surface area contributed by atoms with Crippen LogP contribution in [0.3, 0.4) is 0 Å². The largest absolute Gasteiger partial charge is 0.493 e. The van der Waals surface area contributed by atoms with Crippen molar-refractivity contribution in [3.63, 3.8) is 0 Å². The van der Waals surface area contributed by atoms with Gasteiger partial charge in [-0.05, 0) is 0 Å². The Labute approximate surface area is 98.3 Å². The lowest BCUT2D eigenvalue weighted by Crippen LogP contribution is -2.03. The highest BCUT2D eigenvalue weighted by atomic mass is 32.3. The van der Waals surface area contributed by atoms with E-state index in [4.69, 9.17) is 14.2 Å². The van der Waals surface area contributed by atoms with Gasteiger partial charge in [0.2, 0.25) is 0 Å². The quantitative estimate of drug-likeness (QED) is 0.748. The van der Waals surface area contributed by atoms with Crippen LogP contribution < -0.4 is 18.4 Å². The summed E-state index contributed by atoms with van der Waals surface area (Å²) < 4.78 is 52.1. The molecule has 0 N–H and O–H groups in total. The Bertz CT molecular complexity index is 498. The number of ether oxygens (including phenoxy) is 3. The van der Waals surface area contributed by atoms with Gasteiger partial charge in [0.05, 0.1) is 21.3 Å². The Kier molecular flexibility index (Phi) is 4.00.